The fourth-order valence-electron chi connectivity index (χ4n) is 3.06. The average Bonchev–Trinajstić information content (AvgIpc) is 2.60. The molecule has 0 amide bonds. The van der Waals surface area contributed by atoms with Crippen molar-refractivity contribution in [2.45, 2.75) is 26.3 Å². The Bertz CT molecular complexity index is 691. The second-order valence-electron chi connectivity index (χ2n) is 6.41. The van der Waals surface area contributed by atoms with Crippen LogP contribution in [0.5, 0.6) is 0 Å². The van der Waals surface area contributed by atoms with Crippen LogP contribution in [0.3, 0.4) is 0 Å². The van der Waals surface area contributed by atoms with Gasteiger partial charge in [0.05, 0.1) is 0 Å². The number of nitrogens with two attached hydrogens (primary N) is 1. The largest absolute Gasteiger partial charge is 0.370 e. The number of anilines is 1. The van der Waals surface area contributed by atoms with Gasteiger partial charge in [0.2, 0.25) is 0 Å². The third-order valence-corrected chi connectivity index (χ3v) is 4.45. The summed E-state index contributed by atoms with van der Waals surface area (Å²) in [4.78, 5) is 6.93. The highest BCUT2D eigenvalue weighted by Gasteiger charge is 2.14. The number of rotatable bonds is 5. The number of nitrogens with zero attached hydrogens (tertiary/aromatic N) is 2. The Labute approximate surface area is 144 Å². The average molecular weight is 322 g/mol. The highest BCUT2D eigenvalue weighted by Crippen LogP contribution is 2.18. The molecule has 0 radical (unpaired) electrons. The Hall–Kier alpha value is -2.33. The minimum Gasteiger partial charge on any atom is -0.370 e. The van der Waals surface area contributed by atoms with E-state index < -0.39 is 0 Å². The van der Waals surface area contributed by atoms with Gasteiger partial charge in [-0.15, -0.1) is 0 Å². The van der Waals surface area contributed by atoms with Gasteiger partial charge in [-0.05, 0) is 43.0 Å². The van der Waals surface area contributed by atoms with E-state index in [-0.39, 0.29) is 0 Å². The zero-order chi connectivity index (χ0) is 16.8. The molecule has 0 bridgehead atoms. The first kappa shape index (κ1) is 16.5. The fraction of sp³-hybridized carbons (Fsp3) is 0.350. The highest BCUT2D eigenvalue weighted by molar-refractivity contribution is 5.92. The molecule has 126 valence electrons. The summed E-state index contributed by atoms with van der Waals surface area (Å²) in [6, 6.07) is 16.9. The summed E-state index contributed by atoms with van der Waals surface area (Å²) in [6.45, 7) is 6.08. The van der Waals surface area contributed by atoms with Crippen LogP contribution in [-0.2, 0) is 13.0 Å². The number of aliphatic imine (C=N–C) groups is 1. The predicted molar refractivity (Wildman–Crippen MR) is 101 cm³/mol. The zero-order valence-corrected chi connectivity index (χ0v) is 14.3. The van der Waals surface area contributed by atoms with Crippen LogP contribution in [0.4, 0.5) is 5.69 Å². The van der Waals surface area contributed by atoms with Crippen LogP contribution in [0.15, 0.2) is 53.5 Å². The van der Waals surface area contributed by atoms with Gasteiger partial charge in [-0.2, -0.15) is 0 Å². The van der Waals surface area contributed by atoms with E-state index in [1.807, 2.05) is 12.1 Å². The number of guanidine groups is 1. The highest BCUT2D eigenvalue weighted by atomic mass is 15.1. The maximum absolute atomic E-state index is 5.95. The van der Waals surface area contributed by atoms with Crippen LogP contribution in [0.25, 0.3) is 0 Å². The maximum Gasteiger partial charge on any atom is 0.193 e. The maximum atomic E-state index is 5.95. The Morgan fingerprint density at radius 1 is 1.12 bits per heavy atom. The molecule has 0 atom stereocenters. The molecule has 0 aromatic heterocycles. The van der Waals surface area contributed by atoms with Gasteiger partial charge >= 0.3 is 0 Å². The molecule has 3 N–H and O–H groups in total. The Kier molecular flexibility index (Phi) is 5.49. The number of fused-ring (bicyclic) bond motifs is 1. The second-order valence-corrected chi connectivity index (χ2v) is 6.41. The van der Waals surface area contributed by atoms with Crippen molar-refractivity contribution in [1.29, 1.82) is 0 Å². The Balaban J connectivity index is 1.41. The number of nitrogens with one attached hydrogen (secondary N) is 1. The van der Waals surface area contributed by atoms with Crippen molar-refractivity contribution in [2.24, 2.45) is 10.7 Å². The minimum absolute atomic E-state index is 0.489. The van der Waals surface area contributed by atoms with Crippen molar-refractivity contribution >= 4 is 11.6 Å². The van der Waals surface area contributed by atoms with Crippen LogP contribution in [0, 0.1) is 6.92 Å². The molecular weight excluding hydrogens is 296 g/mol. The molecule has 0 saturated heterocycles. The van der Waals surface area contributed by atoms with Crippen molar-refractivity contribution in [3.05, 3.63) is 65.2 Å². The minimum atomic E-state index is 0.489. The normalized spacial score (nSPS) is 15.1. The molecule has 1 aliphatic rings. The third kappa shape index (κ3) is 4.59. The zero-order valence-electron chi connectivity index (χ0n) is 14.3. The molecule has 2 aromatic rings. The number of hydrogen-bond acceptors (Lipinski definition) is 2. The summed E-state index contributed by atoms with van der Waals surface area (Å²) in [5.41, 5.74) is 11.1. The van der Waals surface area contributed by atoms with Gasteiger partial charge in [-0.25, -0.2) is 0 Å². The molecule has 0 saturated carbocycles. The smallest absolute Gasteiger partial charge is 0.193 e. The van der Waals surface area contributed by atoms with E-state index in [9.17, 15) is 0 Å². The molecule has 4 nitrogen and oxygen atoms in total. The van der Waals surface area contributed by atoms with Gasteiger partial charge in [-0.3, -0.25) is 9.89 Å². The van der Waals surface area contributed by atoms with E-state index in [0.29, 0.717) is 5.96 Å². The quantitative estimate of drug-likeness (QED) is 0.505. The van der Waals surface area contributed by atoms with E-state index in [4.69, 9.17) is 5.73 Å². The van der Waals surface area contributed by atoms with Gasteiger partial charge in [-0.1, -0.05) is 42.0 Å². The lowest BCUT2D eigenvalue weighted by Gasteiger charge is -2.28. The first-order valence-electron chi connectivity index (χ1n) is 8.63. The summed E-state index contributed by atoms with van der Waals surface area (Å²) in [5.74, 6) is 0.489. The standard InChI is InChI=1S/C20H26N4/c1-16-7-9-19(10-8-16)23-20(21)22-12-4-13-24-14-11-17-5-2-3-6-18(17)15-24/h2-3,5-10H,4,11-15H2,1H3,(H3,21,22,23). The molecule has 2 aromatic carbocycles. The molecule has 0 fully saturated rings. The SMILES string of the molecule is Cc1ccc(NC(N)=NCCCN2CCc3ccccc3C2)cc1. The first-order valence-corrected chi connectivity index (χ1v) is 8.63. The summed E-state index contributed by atoms with van der Waals surface area (Å²) in [5, 5.41) is 3.13. The molecule has 4 heteroatoms. The number of benzene rings is 2. The van der Waals surface area contributed by atoms with Crippen molar-refractivity contribution in [3.8, 4) is 0 Å². The van der Waals surface area contributed by atoms with Gasteiger partial charge in [0, 0.05) is 31.9 Å². The predicted octanol–water partition coefficient (Wildman–Crippen LogP) is 3.17. The summed E-state index contributed by atoms with van der Waals surface area (Å²) >= 11 is 0. The summed E-state index contributed by atoms with van der Waals surface area (Å²) in [6.07, 6.45) is 2.18. The van der Waals surface area contributed by atoms with Crippen molar-refractivity contribution in [3.63, 3.8) is 0 Å². The van der Waals surface area contributed by atoms with E-state index in [0.717, 1.165) is 44.7 Å². The number of hydrogen-bond donors (Lipinski definition) is 2. The van der Waals surface area contributed by atoms with Crippen molar-refractivity contribution in [2.75, 3.05) is 25.0 Å². The molecule has 1 aliphatic heterocycles. The topological polar surface area (TPSA) is 53.6 Å². The lowest BCUT2D eigenvalue weighted by atomic mass is 10.00. The first-order chi connectivity index (χ1) is 11.7. The molecule has 0 unspecified atom stereocenters. The Morgan fingerprint density at radius 3 is 2.67 bits per heavy atom. The molecular formula is C20H26N4. The van der Waals surface area contributed by atoms with Gasteiger partial charge in [0.1, 0.15) is 0 Å². The van der Waals surface area contributed by atoms with Crippen molar-refractivity contribution in [1.82, 2.24) is 4.90 Å². The monoisotopic (exact) mass is 322 g/mol. The van der Waals surface area contributed by atoms with Gasteiger partial charge in [0.15, 0.2) is 5.96 Å². The fourth-order valence-corrected chi connectivity index (χ4v) is 3.06. The molecule has 0 aliphatic carbocycles. The third-order valence-electron chi connectivity index (χ3n) is 4.45. The molecule has 3 rings (SSSR count). The lowest BCUT2D eigenvalue weighted by molar-refractivity contribution is 0.253. The lowest BCUT2D eigenvalue weighted by Crippen LogP contribution is -2.31. The van der Waals surface area contributed by atoms with E-state index in [1.165, 1.54) is 16.7 Å². The van der Waals surface area contributed by atoms with Crippen LogP contribution in [0.2, 0.25) is 0 Å². The molecule has 24 heavy (non-hydrogen) atoms. The Morgan fingerprint density at radius 2 is 1.88 bits per heavy atom. The van der Waals surface area contributed by atoms with Crippen LogP contribution < -0.4 is 11.1 Å². The molecule has 1 heterocycles. The number of aryl methyl sites for hydroxylation is 1. The van der Waals surface area contributed by atoms with Gasteiger partial charge < -0.3 is 11.1 Å². The summed E-state index contributed by atoms with van der Waals surface area (Å²) in [7, 11) is 0. The second kappa shape index (κ2) is 7.97. The van der Waals surface area contributed by atoms with Crippen LogP contribution >= 0.6 is 0 Å². The molecule has 0 spiro atoms. The van der Waals surface area contributed by atoms with E-state index in [2.05, 4.69) is 58.5 Å². The van der Waals surface area contributed by atoms with Crippen LogP contribution in [-0.4, -0.2) is 30.5 Å². The van der Waals surface area contributed by atoms with E-state index >= 15 is 0 Å². The van der Waals surface area contributed by atoms with Crippen molar-refractivity contribution < 1.29 is 0 Å². The van der Waals surface area contributed by atoms with Crippen LogP contribution in [0.1, 0.15) is 23.1 Å². The van der Waals surface area contributed by atoms with E-state index in [1.54, 1.807) is 0 Å². The summed E-state index contributed by atoms with van der Waals surface area (Å²) < 4.78 is 0. The van der Waals surface area contributed by atoms with Gasteiger partial charge in [0.25, 0.3) is 0 Å².